The van der Waals surface area contributed by atoms with E-state index in [9.17, 15) is 9.59 Å². The second kappa shape index (κ2) is 15.5. The fraction of sp³-hybridized carbons (Fsp3) is 0.600. The predicted molar refractivity (Wildman–Crippen MR) is 99.2 cm³/mol. The lowest BCUT2D eigenvalue weighted by Gasteiger charge is -2.14. The SMILES string of the molecule is CCCCC=CC(COC(=O)C=CC(=O)O)OC=C(CC)CCCC. The second-order valence-corrected chi connectivity index (χ2v) is 5.78. The Morgan fingerprint density at radius 1 is 1.08 bits per heavy atom. The van der Waals surface area contributed by atoms with E-state index in [0.29, 0.717) is 0 Å². The van der Waals surface area contributed by atoms with Gasteiger partial charge in [-0.25, -0.2) is 9.59 Å². The number of hydrogen-bond acceptors (Lipinski definition) is 4. The molecule has 0 radical (unpaired) electrons. The first-order valence-corrected chi connectivity index (χ1v) is 9.11. The number of carbonyl (C=O) groups is 2. The summed E-state index contributed by atoms with van der Waals surface area (Å²) in [4.78, 5) is 21.9. The van der Waals surface area contributed by atoms with Gasteiger partial charge in [-0.3, -0.25) is 0 Å². The van der Waals surface area contributed by atoms with Crippen molar-refractivity contribution in [1.82, 2.24) is 0 Å². The fourth-order valence-electron chi connectivity index (χ4n) is 1.97. The fourth-order valence-corrected chi connectivity index (χ4v) is 1.97. The monoisotopic (exact) mass is 352 g/mol. The number of carbonyl (C=O) groups excluding carboxylic acids is 1. The zero-order valence-electron chi connectivity index (χ0n) is 15.7. The van der Waals surface area contributed by atoms with Crippen LogP contribution in [0.5, 0.6) is 0 Å². The summed E-state index contributed by atoms with van der Waals surface area (Å²) in [6.07, 6.45) is 14.3. The number of unbranched alkanes of at least 4 members (excludes halogenated alkanes) is 3. The van der Waals surface area contributed by atoms with E-state index in [-0.39, 0.29) is 12.7 Å². The minimum Gasteiger partial charge on any atom is -0.490 e. The van der Waals surface area contributed by atoms with E-state index >= 15 is 0 Å². The Kier molecular flexibility index (Phi) is 14.2. The average molecular weight is 352 g/mol. The van der Waals surface area contributed by atoms with Crippen molar-refractivity contribution < 1.29 is 24.2 Å². The van der Waals surface area contributed by atoms with Crippen LogP contribution in [0.3, 0.4) is 0 Å². The third-order valence-corrected chi connectivity index (χ3v) is 3.54. The molecule has 25 heavy (non-hydrogen) atoms. The zero-order chi connectivity index (χ0) is 18.9. The van der Waals surface area contributed by atoms with Crippen LogP contribution < -0.4 is 0 Å². The van der Waals surface area contributed by atoms with Crippen LogP contribution in [0.4, 0.5) is 0 Å². The van der Waals surface area contributed by atoms with Crippen LogP contribution in [0, 0.1) is 0 Å². The molecule has 1 N–H and O–H groups in total. The van der Waals surface area contributed by atoms with Gasteiger partial charge in [0.25, 0.3) is 0 Å². The van der Waals surface area contributed by atoms with Crippen LogP contribution in [0.15, 0.2) is 36.1 Å². The van der Waals surface area contributed by atoms with E-state index in [2.05, 4.69) is 20.8 Å². The second-order valence-electron chi connectivity index (χ2n) is 5.78. The van der Waals surface area contributed by atoms with Crippen molar-refractivity contribution in [3.05, 3.63) is 36.1 Å². The van der Waals surface area contributed by atoms with Crippen molar-refractivity contribution in [3.63, 3.8) is 0 Å². The third-order valence-electron chi connectivity index (χ3n) is 3.54. The first-order chi connectivity index (χ1) is 12.0. The summed E-state index contributed by atoms with van der Waals surface area (Å²) in [6, 6.07) is 0. The number of esters is 1. The number of carboxylic acids is 1. The molecule has 0 aliphatic carbocycles. The van der Waals surface area contributed by atoms with Gasteiger partial charge < -0.3 is 14.6 Å². The number of allylic oxidation sites excluding steroid dienone is 2. The molecule has 142 valence electrons. The summed E-state index contributed by atoms with van der Waals surface area (Å²) in [5.74, 6) is -1.88. The molecule has 0 aromatic heterocycles. The van der Waals surface area contributed by atoms with E-state index in [0.717, 1.165) is 57.1 Å². The lowest BCUT2D eigenvalue weighted by atomic mass is 10.1. The van der Waals surface area contributed by atoms with Gasteiger partial charge in [-0.1, -0.05) is 46.1 Å². The quantitative estimate of drug-likeness (QED) is 0.160. The van der Waals surface area contributed by atoms with Crippen molar-refractivity contribution >= 4 is 11.9 Å². The van der Waals surface area contributed by atoms with Crippen molar-refractivity contribution in [2.24, 2.45) is 0 Å². The van der Waals surface area contributed by atoms with E-state index < -0.39 is 11.9 Å². The summed E-state index contributed by atoms with van der Waals surface area (Å²) in [7, 11) is 0. The van der Waals surface area contributed by atoms with E-state index in [1.54, 1.807) is 6.26 Å². The average Bonchev–Trinajstić information content (AvgIpc) is 2.60. The number of hydrogen-bond donors (Lipinski definition) is 1. The zero-order valence-corrected chi connectivity index (χ0v) is 15.7. The lowest BCUT2D eigenvalue weighted by molar-refractivity contribution is -0.140. The minimum atomic E-state index is -1.18. The molecule has 5 nitrogen and oxygen atoms in total. The van der Waals surface area contributed by atoms with Gasteiger partial charge in [0.1, 0.15) is 12.7 Å². The Morgan fingerprint density at radius 2 is 1.80 bits per heavy atom. The lowest BCUT2D eigenvalue weighted by Crippen LogP contribution is -2.18. The molecule has 0 saturated heterocycles. The maximum absolute atomic E-state index is 11.5. The van der Waals surface area contributed by atoms with Crippen molar-refractivity contribution in [2.75, 3.05) is 6.61 Å². The smallest absolute Gasteiger partial charge is 0.331 e. The van der Waals surface area contributed by atoms with Gasteiger partial charge in [0.2, 0.25) is 0 Å². The van der Waals surface area contributed by atoms with Gasteiger partial charge in [0.15, 0.2) is 0 Å². The molecular weight excluding hydrogens is 320 g/mol. The third kappa shape index (κ3) is 14.0. The van der Waals surface area contributed by atoms with Gasteiger partial charge in [-0.05, 0) is 37.3 Å². The highest BCUT2D eigenvalue weighted by molar-refractivity contribution is 5.90. The van der Waals surface area contributed by atoms with Crippen LogP contribution in [0.1, 0.15) is 65.7 Å². The highest BCUT2D eigenvalue weighted by Crippen LogP contribution is 2.12. The molecule has 0 rings (SSSR count). The molecule has 1 unspecified atom stereocenters. The molecule has 0 saturated carbocycles. The molecule has 0 aliphatic rings. The van der Waals surface area contributed by atoms with Crippen LogP contribution in [0.2, 0.25) is 0 Å². The Morgan fingerprint density at radius 3 is 2.40 bits per heavy atom. The largest absolute Gasteiger partial charge is 0.490 e. The number of aliphatic carboxylic acids is 1. The van der Waals surface area contributed by atoms with Gasteiger partial charge in [0.05, 0.1) is 6.26 Å². The number of carboxylic acid groups (broad SMARTS) is 1. The molecule has 0 aromatic carbocycles. The van der Waals surface area contributed by atoms with Crippen molar-refractivity contribution in [2.45, 2.75) is 71.8 Å². The van der Waals surface area contributed by atoms with E-state index in [1.165, 1.54) is 5.57 Å². The number of rotatable bonds is 14. The number of ether oxygens (including phenoxy) is 2. The maximum Gasteiger partial charge on any atom is 0.331 e. The predicted octanol–water partition coefficient (Wildman–Crippen LogP) is 4.79. The molecule has 0 heterocycles. The molecule has 5 heteroatoms. The molecule has 0 aliphatic heterocycles. The summed E-state index contributed by atoms with van der Waals surface area (Å²) in [5, 5.41) is 8.51. The molecule has 0 amide bonds. The Balaban J connectivity index is 4.68. The van der Waals surface area contributed by atoms with E-state index in [1.807, 2.05) is 12.2 Å². The van der Waals surface area contributed by atoms with Gasteiger partial charge in [-0.2, -0.15) is 0 Å². The maximum atomic E-state index is 11.5. The highest BCUT2D eigenvalue weighted by atomic mass is 16.6. The molecule has 0 spiro atoms. The Labute approximate surface area is 151 Å². The molecule has 1 atom stereocenters. The van der Waals surface area contributed by atoms with Gasteiger partial charge in [-0.15, -0.1) is 0 Å². The highest BCUT2D eigenvalue weighted by Gasteiger charge is 2.08. The van der Waals surface area contributed by atoms with Crippen LogP contribution in [-0.2, 0) is 19.1 Å². The van der Waals surface area contributed by atoms with E-state index in [4.69, 9.17) is 14.6 Å². The van der Waals surface area contributed by atoms with Crippen LogP contribution >= 0.6 is 0 Å². The topological polar surface area (TPSA) is 72.8 Å². The molecule has 0 bridgehead atoms. The first-order valence-electron chi connectivity index (χ1n) is 9.11. The minimum absolute atomic E-state index is 0.0483. The van der Waals surface area contributed by atoms with Gasteiger partial charge >= 0.3 is 11.9 Å². The standard InChI is InChI=1S/C20H32O5/c1-4-7-9-10-12-18(16-25-20(23)14-13-19(21)22)24-15-17(6-3)11-8-5-2/h10,12-15,18H,4-9,11,16H2,1-3H3,(H,21,22). The molecule has 0 fully saturated rings. The first kappa shape index (κ1) is 23.0. The van der Waals surface area contributed by atoms with Crippen LogP contribution in [0.25, 0.3) is 0 Å². The summed E-state index contributed by atoms with van der Waals surface area (Å²) >= 11 is 0. The van der Waals surface area contributed by atoms with Crippen LogP contribution in [-0.4, -0.2) is 29.8 Å². The normalized spacial score (nSPS) is 13.3. The summed E-state index contributed by atoms with van der Waals surface area (Å²) in [6.45, 7) is 6.42. The molecule has 0 aromatic rings. The van der Waals surface area contributed by atoms with Crippen molar-refractivity contribution in [1.29, 1.82) is 0 Å². The Hall–Kier alpha value is -2.04. The Bertz CT molecular complexity index is 463. The molecular formula is C20H32O5. The van der Waals surface area contributed by atoms with Crippen molar-refractivity contribution in [3.8, 4) is 0 Å². The summed E-state index contributed by atoms with van der Waals surface area (Å²) < 4.78 is 10.8. The van der Waals surface area contributed by atoms with Gasteiger partial charge in [0, 0.05) is 12.2 Å². The summed E-state index contributed by atoms with van der Waals surface area (Å²) in [5.41, 5.74) is 1.23.